The van der Waals surface area contributed by atoms with Crippen molar-refractivity contribution in [1.82, 2.24) is 0 Å². The van der Waals surface area contributed by atoms with E-state index in [4.69, 9.17) is 9.84 Å². The first-order chi connectivity index (χ1) is 12.3. The molecule has 1 rings (SSSR count). The summed E-state index contributed by atoms with van der Waals surface area (Å²) in [5.74, 6) is 0.319. The van der Waals surface area contributed by atoms with E-state index >= 15 is 0 Å². The maximum atomic E-state index is 12.2. The van der Waals surface area contributed by atoms with Crippen molar-refractivity contribution in [2.24, 2.45) is 0 Å². The zero-order valence-corrected chi connectivity index (χ0v) is 18.2. The van der Waals surface area contributed by atoms with Gasteiger partial charge in [0.1, 0.15) is 5.60 Å². The zero-order chi connectivity index (χ0) is 20.8. The number of nitrogens with zero attached hydrogens (tertiary/aromatic N) is 1. The number of carbonyl (C=O) groups is 2. The molecule has 0 bridgehead atoms. The Kier molecular flexibility index (Phi) is 8.02. The Morgan fingerprint density at radius 2 is 1.81 bits per heavy atom. The van der Waals surface area contributed by atoms with Crippen LogP contribution in [-0.4, -0.2) is 41.1 Å². The van der Waals surface area contributed by atoms with Crippen LogP contribution >= 0.6 is 11.8 Å². The lowest BCUT2D eigenvalue weighted by atomic mass is 10.0. The predicted molar refractivity (Wildman–Crippen MR) is 113 cm³/mol. The molecule has 0 aliphatic heterocycles. The predicted octanol–water partition coefficient (Wildman–Crippen LogP) is 4.98. The first-order valence-electron chi connectivity index (χ1n) is 8.96. The van der Waals surface area contributed by atoms with Gasteiger partial charge in [-0.3, -0.25) is 10.1 Å². The average molecular weight is 397 g/mol. The fourth-order valence-electron chi connectivity index (χ4n) is 2.16. The SMILES string of the molecule is CN(c1ccc(CSCCC(=O)O)c(NC(=O)OC(C)(C)C)c1)C(C)(C)C. The molecule has 27 heavy (non-hydrogen) atoms. The summed E-state index contributed by atoms with van der Waals surface area (Å²) in [6.45, 7) is 11.8. The fraction of sp³-hybridized carbons (Fsp3) is 0.600. The van der Waals surface area contributed by atoms with E-state index in [2.05, 4.69) is 31.0 Å². The number of carboxylic acids is 1. The molecule has 0 atom stereocenters. The Hall–Kier alpha value is -1.89. The summed E-state index contributed by atoms with van der Waals surface area (Å²) in [6.07, 6.45) is -0.389. The minimum Gasteiger partial charge on any atom is -0.481 e. The van der Waals surface area contributed by atoms with Gasteiger partial charge in [0.2, 0.25) is 0 Å². The third-order valence-electron chi connectivity index (χ3n) is 3.84. The Balaban J connectivity index is 3.02. The number of ether oxygens (including phenoxy) is 1. The molecular formula is C20H32N2O4S. The lowest BCUT2D eigenvalue weighted by molar-refractivity contribution is -0.136. The first-order valence-corrected chi connectivity index (χ1v) is 10.1. The Labute approximate surface area is 166 Å². The number of amides is 1. The van der Waals surface area contributed by atoms with Crippen LogP contribution in [0.2, 0.25) is 0 Å². The maximum absolute atomic E-state index is 12.2. The molecular weight excluding hydrogens is 364 g/mol. The summed E-state index contributed by atoms with van der Waals surface area (Å²) in [4.78, 5) is 25.1. The van der Waals surface area contributed by atoms with Gasteiger partial charge in [-0.15, -0.1) is 0 Å². The van der Waals surface area contributed by atoms with Crippen LogP contribution in [0.3, 0.4) is 0 Å². The van der Waals surface area contributed by atoms with Crippen LogP contribution in [0.4, 0.5) is 16.2 Å². The third kappa shape index (κ3) is 8.56. The summed E-state index contributed by atoms with van der Waals surface area (Å²) in [6, 6.07) is 5.92. The number of nitrogens with one attached hydrogen (secondary N) is 1. The third-order valence-corrected chi connectivity index (χ3v) is 4.85. The van der Waals surface area contributed by atoms with E-state index < -0.39 is 17.7 Å². The van der Waals surface area contributed by atoms with Gasteiger partial charge >= 0.3 is 12.1 Å². The summed E-state index contributed by atoms with van der Waals surface area (Å²) >= 11 is 1.52. The van der Waals surface area contributed by atoms with Crippen LogP contribution in [0.15, 0.2) is 18.2 Å². The second kappa shape index (κ2) is 9.35. The van der Waals surface area contributed by atoms with Crippen molar-refractivity contribution >= 4 is 35.2 Å². The molecule has 1 aromatic rings. The van der Waals surface area contributed by atoms with Crippen LogP contribution in [0.1, 0.15) is 53.5 Å². The van der Waals surface area contributed by atoms with Crippen LogP contribution in [-0.2, 0) is 15.3 Å². The summed E-state index contributed by atoms with van der Waals surface area (Å²) in [5.41, 5.74) is 1.94. The van der Waals surface area contributed by atoms with Crippen molar-refractivity contribution in [2.75, 3.05) is 23.0 Å². The number of benzene rings is 1. The molecule has 1 amide bonds. The lowest BCUT2D eigenvalue weighted by Gasteiger charge is -2.34. The molecule has 0 saturated heterocycles. The highest BCUT2D eigenvalue weighted by Gasteiger charge is 2.21. The van der Waals surface area contributed by atoms with Gasteiger partial charge in [0.25, 0.3) is 0 Å². The number of carbonyl (C=O) groups excluding carboxylic acids is 1. The highest BCUT2D eigenvalue weighted by atomic mass is 32.2. The van der Waals surface area contributed by atoms with Crippen molar-refractivity contribution in [3.8, 4) is 0 Å². The van der Waals surface area contributed by atoms with Crippen LogP contribution in [0.25, 0.3) is 0 Å². The van der Waals surface area contributed by atoms with E-state index in [1.807, 2.05) is 46.0 Å². The van der Waals surface area contributed by atoms with Crippen molar-refractivity contribution < 1.29 is 19.4 Å². The average Bonchev–Trinajstić information content (AvgIpc) is 2.48. The highest BCUT2D eigenvalue weighted by molar-refractivity contribution is 7.98. The van der Waals surface area contributed by atoms with Crippen LogP contribution < -0.4 is 10.2 Å². The number of anilines is 2. The molecule has 2 N–H and O–H groups in total. The smallest absolute Gasteiger partial charge is 0.412 e. The van der Waals surface area contributed by atoms with Crippen molar-refractivity contribution in [1.29, 1.82) is 0 Å². The van der Waals surface area contributed by atoms with Gasteiger partial charge in [-0.05, 0) is 59.2 Å². The minimum atomic E-state index is -0.809. The summed E-state index contributed by atoms with van der Waals surface area (Å²) in [7, 11) is 2.01. The normalized spacial score (nSPS) is 11.8. The standard InChI is InChI=1S/C20H32N2O4S/c1-19(2,3)22(7)15-9-8-14(13-27-11-10-17(23)24)16(12-15)21-18(25)26-20(4,5)6/h8-9,12H,10-11,13H2,1-7H3,(H,21,25)(H,23,24). The minimum absolute atomic E-state index is 0.0685. The first kappa shape index (κ1) is 23.1. The maximum Gasteiger partial charge on any atom is 0.412 e. The highest BCUT2D eigenvalue weighted by Crippen LogP contribution is 2.30. The Morgan fingerprint density at radius 3 is 2.33 bits per heavy atom. The molecule has 0 unspecified atom stereocenters. The van der Waals surface area contributed by atoms with E-state index in [-0.39, 0.29) is 12.0 Å². The Morgan fingerprint density at radius 1 is 1.19 bits per heavy atom. The van der Waals surface area contributed by atoms with Gasteiger partial charge in [-0.1, -0.05) is 6.07 Å². The number of hydrogen-bond acceptors (Lipinski definition) is 5. The molecule has 0 heterocycles. The van der Waals surface area contributed by atoms with Gasteiger partial charge in [-0.2, -0.15) is 11.8 Å². The number of rotatable bonds is 7. The molecule has 0 spiro atoms. The topological polar surface area (TPSA) is 78.9 Å². The van der Waals surface area contributed by atoms with E-state index in [9.17, 15) is 9.59 Å². The molecule has 0 aliphatic rings. The van der Waals surface area contributed by atoms with Gasteiger partial charge in [-0.25, -0.2) is 4.79 Å². The second-order valence-corrected chi connectivity index (χ2v) is 9.50. The van der Waals surface area contributed by atoms with Crippen LogP contribution in [0.5, 0.6) is 0 Å². The van der Waals surface area contributed by atoms with Crippen molar-refractivity contribution in [3.63, 3.8) is 0 Å². The van der Waals surface area contributed by atoms with Gasteiger partial charge in [0, 0.05) is 29.8 Å². The van der Waals surface area contributed by atoms with E-state index in [0.29, 0.717) is 17.2 Å². The molecule has 0 aliphatic carbocycles. The molecule has 0 saturated carbocycles. The van der Waals surface area contributed by atoms with Crippen LogP contribution in [0, 0.1) is 0 Å². The number of carboxylic acid groups (broad SMARTS) is 1. The summed E-state index contributed by atoms with van der Waals surface area (Å²) in [5, 5.41) is 11.6. The molecule has 0 radical (unpaired) electrons. The van der Waals surface area contributed by atoms with Gasteiger partial charge in [0.05, 0.1) is 12.1 Å². The quantitative estimate of drug-likeness (QED) is 0.633. The van der Waals surface area contributed by atoms with Gasteiger partial charge in [0.15, 0.2) is 0 Å². The number of thioether (sulfide) groups is 1. The van der Waals surface area contributed by atoms with E-state index in [0.717, 1.165) is 11.3 Å². The summed E-state index contributed by atoms with van der Waals surface area (Å²) < 4.78 is 5.37. The number of hydrogen-bond donors (Lipinski definition) is 2. The molecule has 152 valence electrons. The monoisotopic (exact) mass is 396 g/mol. The second-order valence-electron chi connectivity index (χ2n) is 8.39. The largest absolute Gasteiger partial charge is 0.481 e. The molecule has 0 fully saturated rings. The number of aliphatic carboxylic acids is 1. The lowest BCUT2D eigenvalue weighted by Crippen LogP contribution is -2.38. The van der Waals surface area contributed by atoms with Crippen molar-refractivity contribution in [3.05, 3.63) is 23.8 Å². The Bertz CT molecular complexity index is 663. The van der Waals surface area contributed by atoms with Gasteiger partial charge < -0.3 is 14.7 Å². The molecule has 1 aromatic carbocycles. The van der Waals surface area contributed by atoms with E-state index in [1.54, 1.807) is 0 Å². The van der Waals surface area contributed by atoms with Crippen molar-refractivity contribution in [2.45, 2.75) is 64.9 Å². The molecule has 6 nitrogen and oxygen atoms in total. The van der Waals surface area contributed by atoms with E-state index in [1.165, 1.54) is 11.8 Å². The fourth-order valence-corrected chi connectivity index (χ4v) is 3.09. The zero-order valence-electron chi connectivity index (χ0n) is 17.4. The molecule has 7 heteroatoms. The molecule has 0 aromatic heterocycles.